The third-order valence-electron chi connectivity index (χ3n) is 5.17. The molecule has 1 aromatic carbocycles. The molecule has 2 saturated heterocycles. The van der Waals surface area contributed by atoms with E-state index in [9.17, 15) is 18.3 Å². The van der Waals surface area contributed by atoms with Gasteiger partial charge in [0, 0.05) is 25.7 Å². The molecule has 2 aliphatic rings. The van der Waals surface area contributed by atoms with Crippen LogP contribution in [0.4, 0.5) is 0 Å². The van der Waals surface area contributed by atoms with Gasteiger partial charge < -0.3 is 10.0 Å². The summed E-state index contributed by atoms with van der Waals surface area (Å²) in [4.78, 5) is 16.8. The van der Waals surface area contributed by atoms with Crippen LogP contribution in [0.25, 0.3) is 0 Å². The van der Waals surface area contributed by atoms with E-state index in [1.807, 2.05) is 20.8 Å². The van der Waals surface area contributed by atoms with E-state index in [1.165, 1.54) is 11.6 Å². The first kappa shape index (κ1) is 18.9. The number of allylic oxidation sites excluding steroid dienone is 1. The second-order valence-corrected chi connectivity index (χ2v) is 9.66. The lowest BCUT2D eigenvalue weighted by Crippen LogP contribution is -2.60. The van der Waals surface area contributed by atoms with Crippen molar-refractivity contribution in [3.63, 3.8) is 0 Å². The number of amides is 1. The summed E-state index contributed by atoms with van der Waals surface area (Å²) < 4.78 is 24.6. The van der Waals surface area contributed by atoms with Gasteiger partial charge in [-0.05, 0) is 32.9 Å². The topological polar surface area (TPSA) is 77.9 Å². The van der Waals surface area contributed by atoms with Crippen LogP contribution >= 0.6 is 0 Å². The number of aryl methyl sites for hydroxylation is 1. The Morgan fingerprint density at radius 3 is 2.62 bits per heavy atom. The molecule has 142 valence electrons. The Kier molecular flexibility index (Phi) is 5.12. The van der Waals surface area contributed by atoms with Crippen molar-refractivity contribution < 1.29 is 18.3 Å². The molecule has 26 heavy (non-hydrogen) atoms. The van der Waals surface area contributed by atoms with Crippen molar-refractivity contribution in [1.29, 1.82) is 0 Å². The fourth-order valence-corrected chi connectivity index (χ4v) is 5.79. The Balaban J connectivity index is 1.89. The Morgan fingerprint density at radius 2 is 1.92 bits per heavy atom. The molecule has 1 amide bonds. The molecule has 6 nitrogen and oxygen atoms in total. The average molecular weight is 378 g/mol. The molecule has 2 atom stereocenters. The van der Waals surface area contributed by atoms with Gasteiger partial charge in [-0.1, -0.05) is 23.3 Å². The largest absolute Gasteiger partial charge is 0.507 e. The van der Waals surface area contributed by atoms with Gasteiger partial charge in [0.1, 0.15) is 5.75 Å². The normalized spacial score (nSPS) is 25.0. The van der Waals surface area contributed by atoms with Gasteiger partial charge in [-0.25, -0.2) is 8.42 Å². The third kappa shape index (κ3) is 3.78. The first-order valence-corrected chi connectivity index (χ1v) is 10.7. The Labute approximate surface area is 155 Å². The Morgan fingerprint density at radius 1 is 1.23 bits per heavy atom. The molecule has 3 rings (SSSR count). The SMILES string of the molecule is CC(C)=CCN1CCN(C(=O)c2cc(C)ccc2O)[C@@H]2CS(=O)(=O)C[C@@H]21. The summed E-state index contributed by atoms with van der Waals surface area (Å²) in [6.45, 7) is 7.66. The predicted octanol–water partition coefficient (Wildman–Crippen LogP) is 1.59. The standard InChI is InChI=1S/C19H26N2O4S/c1-13(2)6-7-20-8-9-21(17-12-26(24,25)11-16(17)20)19(23)15-10-14(3)4-5-18(15)22/h4-6,10,16-17,22H,7-9,11-12H2,1-3H3/t16-,17+/m0/s1. The summed E-state index contributed by atoms with van der Waals surface area (Å²) in [6.07, 6.45) is 2.09. The van der Waals surface area contributed by atoms with E-state index in [-0.39, 0.29) is 40.8 Å². The summed E-state index contributed by atoms with van der Waals surface area (Å²) in [5, 5.41) is 10.1. The molecule has 2 aliphatic heterocycles. The molecule has 0 radical (unpaired) electrons. The second kappa shape index (κ2) is 7.04. The number of piperazine rings is 1. The van der Waals surface area contributed by atoms with E-state index in [0.717, 1.165) is 5.56 Å². The molecule has 1 aromatic rings. The fraction of sp³-hybridized carbons (Fsp3) is 0.526. The molecule has 0 aliphatic carbocycles. The van der Waals surface area contributed by atoms with Gasteiger partial charge in [0.2, 0.25) is 0 Å². The highest BCUT2D eigenvalue weighted by molar-refractivity contribution is 7.91. The predicted molar refractivity (Wildman–Crippen MR) is 101 cm³/mol. The van der Waals surface area contributed by atoms with Gasteiger partial charge in [-0.15, -0.1) is 0 Å². The third-order valence-corrected chi connectivity index (χ3v) is 6.87. The van der Waals surface area contributed by atoms with Crippen LogP contribution in [0.1, 0.15) is 29.8 Å². The van der Waals surface area contributed by atoms with E-state index in [2.05, 4.69) is 11.0 Å². The van der Waals surface area contributed by atoms with Crippen molar-refractivity contribution in [2.45, 2.75) is 32.9 Å². The van der Waals surface area contributed by atoms with Gasteiger partial charge in [0.05, 0.1) is 23.1 Å². The maximum Gasteiger partial charge on any atom is 0.257 e. The first-order valence-electron chi connectivity index (χ1n) is 8.86. The number of hydrogen-bond acceptors (Lipinski definition) is 5. The van der Waals surface area contributed by atoms with E-state index in [1.54, 1.807) is 17.0 Å². The maximum absolute atomic E-state index is 13.0. The average Bonchev–Trinajstić information content (AvgIpc) is 2.89. The molecule has 1 N–H and O–H groups in total. The quantitative estimate of drug-likeness (QED) is 0.808. The van der Waals surface area contributed by atoms with Crippen molar-refractivity contribution in [2.24, 2.45) is 0 Å². The second-order valence-electron chi connectivity index (χ2n) is 7.51. The van der Waals surface area contributed by atoms with Crippen LogP contribution in [0.3, 0.4) is 0 Å². The van der Waals surface area contributed by atoms with Gasteiger partial charge >= 0.3 is 0 Å². The van der Waals surface area contributed by atoms with Crippen LogP contribution in [-0.2, 0) is 9.84 Å². The summed E-state index contributed by atoms with van der Waals surface area (Å²) in [7, 11) is -3.19. The number of rotatable bonds is 3. The van der Waals surface area contributed by atoms with E-state index in [4.69, 9.17) is 0 Å². The molecule has 7 heteroatoms. The minimum Gasteiger partial charge on any atom is -0.507 e. The number of nitrogens with zero attached hydrogens (tertiary/aromatic N) is 2. The molecule has 0 saturated carbocycles. The van der Waals surface area contributed by atoms with Crippen LogP contribution in [-0.4, -0.2) is 72.5 Å². The molecular formula is C19H26N2O4S. The van der Waals surface area contributed by atoms with Crippen LogP contribution in [0, 0.1) is 6.92 Å². The van der Waals surface area contributed by atoms with E-state index in [0.29, 0.717) is 19.6 Å². The van der Waals surface area contributed by atoms with Crippen LogP contribution in [0.5, 0.6) is 5.75 Å². The van der Waals surface area contributed by atoms with Gasteiger partial charge in [-0.2, -0.15) is 0 Å². The number of carbonyl (C=O) groups is 1. The molecule has 0 unspecified atom stereocenters. The van der Waals surface area contributed by atoms with Crippen LogP contribution in [0.15, 0.2) is 29.8 Å². The molecular weight excluding hydrogens is 352 g/mol. The zero-order valence-electron chi connectivity index (χ0n) is 15.5. The smallest absolute Gasteiger partial charge is 0.257 e. The number of carbonyl (C=O) groups excluding carboxylic acids is 1. The minimum atomic E-state index is -3.19. The summed E-state index contributed by atoms with van der Waals surface area (Å²) in [5.41, 5.74) is 2.31. The van der Waals surface area contributed by atoms with Crippen molar-refractivity contribution in [3.05, 3.63) is 41.0 Å². The highest BCUT2D eigenvalue weighted by atomic mass is 32.2. The summed E-state index contributed by atoms with van der Waals surface area (Å²) in [5.74, 6) is -0.288. The number of aromatic hydroxyl groups is 1. The van der Waals surface area contributed by atoms with E-state index < -0.39 is 9.84 Å². The zero-order chi connectivity index (χ0) is 19.1. The van der Waals surface area contributed by atoms with Gasteiger partial charge in [0.15, 0.2) is 9.84 Å². The first-order chi connectivity index (χ1) is 12.2. The lowest BCUT2D eigenvalue weighted by atomic mass is 10.0. The van der Waals surface area contributed by atoms with Crippen LogP contribution < -0.4 is 0 Å². The molecule has 0 bridgehead atoms. The number of benzene rings is 1. The van der Waals surface area contributed by atoms with Crippen molar-refractivity contribution in [2.75, 3.05) is 31.1 Å². The zero-order valence-corrected chi connectivity index (χ0v) is 16.3. The Bertz CT molecular complexity index is 843. The number of fused-ring (bicyclic) bond motifs is 1. The van der Waals surface area contributed by atoms with Crippen molar-refractivity contribution in [1.82, 2.24) is 9.80 Å². The minimum absolute atomic E-state index is 0.0126. The van der Waals surface area contributed by atoms with Crippen LogP contribution in [0.2, 0.25) is 0 Å². The lowest BCUT2D eigenvalue weighted by Gasteiger charge is -2.43. The molecule has 2 fully saturated rings. The van der Waals surface area contributed by atoms with Gasteiger partial charge in [0.25, 0.3) is 5.91 Å². The van der Waals surface area contributed by atoms with Gasteiger partial charge in [-0.3, -0.25) is 9.69 Å². The van der Waals surface area contributed by atoms with Crippen molar-refractivity contribution in [3.8, 4) is 5.75 Å². The highest BCUT2D eigenvalue weighted by Crippen LogP contribution is 2.30. The highest BCUT2D eigenvalue weighted by Gasteiger charge is 2.48. The van der Waals surface area contributed by atoms with E-state index >= 15 is 0 Å². The summed E-state index contributed by atoms with van der Waals surface area (Å²) >= 11 is 0. The number of phenols is 1. The molecule has 2 heterocycles. The lowest BCUT2D eigenvalue weighted by molar-refractivity contribution is 0.0366. The number of sulfone groups is 1. The van der Waals surface area contributed by atoms with Crippen molar-refractivity contribution >= 4 is 15.7 Å². The Hall–Kier alpha value is -1.86. The number of phenolic OH excluding ortho intramolecular Hbond substituents is 1. The maximum atomic E-state index is 13.0. The fourth-order valence-electron chi connectivity index (χ4n) is 3.78. The molecule has 0 spiro atoms. The molecule has 0 aromatic heterocycles. The number of hydrogen-bond donors (Lipinski definition) is 1. The summed E-state index contributed by atoms with van der Waals surface area (Å²) in [6, 6.07) is 4.35. The monoisotopic (exact) mass is 378 g/mol.